The fraction of sp³-hybridized carbons (Fsp3) is 0.767. The van der Waals surface area contributed by atoms with Gasteiger partial charge in [-0.15, -0.1) is 5.10 Å². The molecule has 6 nitrogen and oxygen atoms in total. The first-order chi connectivity index (χ1) is 18.1. The Morgan fingerprint density at radius 1 is 1.08 bits per heavy atom. The summed E-state index contributed by atoms with van der Waals surface area (Å²) in [4.78, 5) is 14.9. The Labute approximate surface area is 223 Å². The van der Waals surface area contributed by atoms with Gasteiger partial charge in [0, 0.05) is 12.5 Å². The third-order valence-corrected chi connectivity index (χ3v) is 11.4. The number of carbonyl (C=O) groups excluding carboxylic acids is 1. The fourth-order valence-corrected chi connectivity index (χ4v) is 9.62. The predicted molar refractivity (Wildman–Crippen MR) is 139 cm³/mol. The second kappa shape index (κ2) is 9.33. The summed E-state index contributed by atoms with van der Waals surface area (Å²) in [6.45, 7) is 7.87. The quantitative estimate of drug-likeness (QED) is 0.519. The van der Waals surface area contributed by atoms with E-state index >= 15 is 0 Å². The highest BCUT2D eigenvalue weighted by Crippen LogP contribution is 2.68. The number of hydrogen-bond donors (Lipinski definition) is 1. The molecule has 0 saturated heterocycles. The second-order valence-electron chi connectivity index (χ2n) is 13.3. The van der Waals surface area contributed by atoms with Crippen LogP contribution < -0.4 is 0 Å². The van der Waals surface area contributed by atoms with E-state index in [0.717, 1.165) is 70.5 Å². The molecule has 0 radical (unpaired) electrons. The number of nitrogens with zero attached hydrogens (tertiary/aromatic N) is 3. The van der Waals surface area contributed by atoms with Gasteiger partial charge in [-0.3, -0.25) is 4.79 Å². The first-order valence-electron chi connectivity index (χ1n) is 14.6. The molecule has 0 bridgehead atoms. The molecule has 0 spiro atoms. The van der Waals surface area contributed by atoms with Crippen LogP contribution in [0.15, 0.2) is 12.1 Å². The average Bonchev–Trinajstić information content (AvgIpc) is 3.45. The number of Topliss-reactive ketones (excluding diaryl/α,β-unsaturated/α-hetero) is 1. The number of ketones is 1. The largest absolute Gasteiger partial charge is 0.390 e. The maximum atomic E-state index is 14.2. The van der Waals surface area contributed by atoms with Crippen LogP contribution in [0.25, 0.3) is 11.0 Å². The molecule has 1 heterocycles. The van der Waals surface area contributed by atoms with E-state index in [0.29, 0.717) is 30.3 Å². The van der Waals surface area contributed by atoms with Gasteiger partial charge < -0.3 is 9.84 Å². The van der Waals surface area contributed by atoms with Gasteiger partial charge in [0.05, 0.1) is 12.2 Å². The molecule has 208 valence electrons. The molecule has 4 fully saturated rings. The number of benzene rings is 1. The minimum absolute atomic E-state index is 0.0117. The Kier molecular flexibility index (Phi) is 6.45. The first kappa shape index (κ1) is 26.3. The molecule has 4 saturated carbocycles. The molecule has 1 N–H and O–H groups in total. The van der Waals surface area contributed by atoms with E-state index in [1.807, 2.05) is 6.92 Å². The molecule has 0 amide bonds. The van der Waals surface area contributed by atoms with E-state index < -0.39 is 17.2 Å². The molecule has 8 heteroatoms. The van der Waals surface area contributed by atoms with Gasteiger partial charge in [-0.25, -0.2) is 8.78 Å². The molecule has 4 aliphatic rings. The molecular formula is C30H41F2N3O3. The van der Waals surface area contributed by atoms with Gasteiger partial charge in [0.1, 0.15) is 12.1 Å². The van der Waals surface area contributed by atoms with Gasteiger partial charge in [-0.05, 0) is 118 Å². The van der Waals surface area contributed by atoms with Crippen molar-refractivity contribution in [2.45, 2.75) is 90.7 Å². The lowest BCUT2D eigenvalue weighted by Gasteiger charge is -2.62. The van der Waals surface area contributed by atoms with Gasteiger partial charge in [-0.1, -0.05) is 6.92 Å². The van der Waals surface area contributed by atoms with Crippen LogP contribution in [0.2, 0.25) is 0 Å². The average molecular weight is 530 g/mol. The summed E-state index contributed by atoms with van der Waals surface area (Å²) >= 11 is 0. The predicted octanol–water partition coefficient (Wildman–Crippen LogP) is 5.71. The number of halogens is 2. The van der Waals surface area contributed by atoms with E-state index in [-0.39, 0.29) is 40.1 Å². The smallest absolute Gasteiger partial charge is 0.188 e. The molecule has 8 atom stereocenters. The SMILES string of the molecule is CCOC[C@]12CC[C@@](C)(O)C[C@@H]1CC[C@H]1[C@@H]3CC[C@H](C(=O)Cn4nc5ccc(F)c(F)c5n4)[C@@]3(C)CC[C@@H]12. The van der Waals surface area contributed by atoms with E-state index in [1.165, 1.54) is 10.9 Å². The Bertz CT molecular complexity index is 1230. The Morgan fingerprint density at radius 2 is 1.89 bits per heavy atom. The summed E-state index contributed by atoms with van der Waals surface area (Å²) in [5.41, 5.74) is -0.390. The maximum Gasteiger partial charge on any atom is 0.188 e. The van der Waals surface area contributed by atoms with Crippen molar-refractivity contribution in [3.63, 3.8) is 0 Å². The first-order valence-corrected chi connectivity index (χ1v) is 14.6. The lowest BCUT2D eigenvalue weighted by atomic mass is 9.43. The minimum Gasteiger partial charge on any atom is -0.390 e. The Hall–Kier alpha value is -1.93. The van der Waals surface area contributed by atoms with Gasteiger partial charge in [0.25, 0.3) is 0 Å². The zero-order valence-electron chi connectivity index (χ0n) is 22.9. The van der Waals surface area contributed by atoms with E-state index in [4.69, 9.17) is 4.74 Å². The van der Waals surface area contributed by atoms with E-state index in [9.17, 15) is 18.7 Å². The summed E-state index contributed by atoms with van der Waals surface area (Å²) in [6, 6.07) is 2.44. The molecule has 0 aliphatic heterocycles. The summed E-state index contributed by atoms with van der Waals surface area (Å²) in [5.74, 6) is 0.185. The van der Waals surface area contributed by atoms with Crippen molar-refractivity contribution in [2.24, 2.45) is 40.4 Å². The van der Waals surface area contributed by atoms with Crippen molar-refractivity contribution < 1.29 is 23.4 Å². The van der Waals surface area contributed by atoms with E-state index in [1.54, 1.807) is 0 Å². The fourth-order valence-electron chi connectivity index (χ4n) is 9.62. The highest BCUT2D eigenvalue weighted by atomic mass is 19.2. The lowest BCUT2D eigenvalue weighted by molar-refractivity contribution is -0.178. The standard InChI is InChI=1S/C30H41F2N3O3/c1-4-38-17-30-14-13-28(2,37)15-18(30)5-6-19-20-7-8-22(29(20,3)12-11-21(19)30)25(36)16-35-33-24-10-9-23(31)26(32)27(24)34-35/h9-10,18-22,37H,4-8,11-17H2,1-3H3/t18-,19-,20-,21-,22+,28+,29-,30+/m0/s1. The van der Waals surface area contributed by atoms with Gasteiger partial charge >= 0.3 is 0 Å². The molecular weight excluding hydrogens is 488 g/mol. The highest BCUT2D eigenvalue weighted by molar-refractivity contribution is 5.82. The summed E-state index contributed by atoms with van der Waals surface area (Å²) in [6.07, 6.45) is 9.04. The van der Waals surface area contributed by atoms with Gasteiger partial charge in [0.2, 0.25) is 0 Å². The van der Waals surface area contributed by atoms with E-state index in [2.05, 4.69) is 24.0 Å². The van der Waals surface area contributed by atoms with Crippen molar-refractivity contribution >= 4 is 16.8 Å². The van der Waals surface area contributed by atoms with Crippen molar-refractivity contribution in [3.05, 3.63) is 23.8 Å². The Morgan fingerprint density at radius 3 is 2.68 bits per heavy atom. The van der Waals surface area contributed by atoms with Crippen molar-refractivity contribution in [3.8, 4) is 0 Å². The summed E-state index contributed by atoms with van der Waals surface area (Å²) in [7, 11) is 0. The van der Waals surface area contributed by atoms with Crippen LogP contribution in [0.5, 0.6) is 0 Å². The summed E-state index contributed by atoms with van der Waals surface area (Å²) < 4.78 is 33.9. The van der Waals surface area contributed by atoms with Crippen LogP contribution in [0.3, 0.4) is 0 Å². The second-order valence-corrected chi connectivity index (χ2v) is 13.3. The van der Waals surface area contributed by atoms with Crippen LogP contribution in [-0.4, -0.2) is 44.7 Å². The number of aromatic nitrogens is 3. The molecule has 6 rings (SSSR count). The Balaban J connectivity index is 1.22. The van der Waals surface area contributed by atoms with Crippen LogP contribution in [0.1, 0.15) is 78.6 Å². The molecule has 4 aliphatic carbocycles. The monoisotopic (exact) mass is 529 g/mol. The zero-order valence-corrected chi connectivity index (χ0v) is 22.9. The van der Waals surface area contributed by atoms with Crippen LogP contribution in [0, 0.1) is 52.1 Å². The van der Waals surface area contributed by atoms with Crippen molar-refractivity contribution in [1.82, 2.24) is 15.0 Å². The molecule has 1 aromatic heterocycles. The molecule has 2 aromatic rings. The molecule has 38 heavy (non-hydrogen) atoms. The highest BCUT2D eigenvalue weighted by Gasteiger charge is 2.63. The third kappa shape index (κ3) is 4.04. The van der Waals surface area contributed by atoms with Crippen LogP contribution in [-0.2, 0) is 16.1 Å². The number of fused-ring (bicyclic) bond motifs is 6. The molecule has 0 unspecified atom stereocenters. The van der Waals surface area contributed by atoms with Gasteiger partial charge in [-0.2, -0.15) is 9.90 Å². The minimum atomic E-state index is -1.02. The third-order valence-electron chi connectivity index (χ3n) is 11.4. The number of aliphatic hydroxyl groups is 1. The van der Waals surface area contributed by atoms with Crippen LogP contribution in [0.4, 0.5) is 8.78 Å². The van der Waals surface area contributed by atoms with Crippen LogP contribution >= 0.6 is 0 Å². The van der Waals surface area contributed by atoms with Crippen molar-refractivity contribution in [2.75, 3.05) is 13.2 Å². The maximum absolute atomic E-state index is 14.2. The van der Waals surface area contributed by atoms with Gasteiger partial charge in [0.15, 0.2) is 22.9 Å². The lowest BCUT2D eigenvalue weighted by Crippen LogP contribution is -2.58. The number of rotatable bonds is 6. The van der Waals surface area contributed by atoms with Crippen molar-refractivity contribution in [1.29, 1.82) is 0 Å². The number of hydrogen-bond acceptors (Lipinski definition) is 5. The number of carbonyl (C=O) groups is 1. The normalized spacial score (nSPS) is 40.5. The zero-order chi connectivity index (χ0) is 26.9. The summed E-state index contributed by atoms with van der Waals surface area (Å²) in [5, 5.41) is 19.3. The number of ether oxygens (including phenoxy) is 1. The topological polar surface area (TPSA) is 77.2 Å². The molecule has 1 aromatic carbocycles.